The van der Waals surface area contributed by atoms with Gasteiger partial charge in [-0.2, -0.15) is 0 Å². The summed E-state index contributed by atoms with van der Waals surface area (Å²) in [6.45, 7) is 1.00. The van der Waals surface area contributed by atoms with Gasteiger partial charge >= 0.3 is 0 Å². The Balaban J connectivity index is 1.99. The molecule has 0 aliphatic rings. The molecular formula is C14H17ClN2S. The second kappa shape index (κ2) is 6.88. The maximum atomic E-state index is 5.90. The Bertz CT molecular complexity index is 453. The molecule has 0 amide bonds. The van der Waals surface area contributed by atoms with Gasteiger partial charge in [-0.25, -0.2) is 4.98 Å². The molecule has 1 N–H and O–H groups in total. The van der Waals surface area contributed by atoms with E-state index in [2.05, 4.69) is 22.4 Å². The molecule has 0 fully saturated rings. The zero-order valence-electron chi connectivity index (χ0n) is 10.4. The molecule has 0 aliphatic carbocycles. The van der Waals surface area contributed by atoms with Crippen LogP contribution in [0, 0.1) is 5.92 Å². The highest BCUT2D eigenvalue weighted by Gasteiger charge is 2.11. The number of aromatic nitrogens is 1. The Morgan fingerprint density at radius 2 is 2.06 bits per heavy atom. The van der Waals surface area contributed by atoms with Gasteiger partial charge in [0.15, 0.2) is 0 Å². The molecule has 1 aromatic heterocycles. The molecular weight excluding hydrogens is 264 g/mol. The lowest BCUT2D eigenvalue weighted by Crippen LogP contribution is -2.22. The zero-order chi connectivity index (χ0) is 12.8. The van der Waals surface area contributed by atoms with Gasteiger partial charge in [0, 0.05) is 23.0 Å². The van der Waals surface area contributed by atoms with Crippen molar-refractivity contribution in [2.45, 2.75) is 12.8 Å². The molecule has 1 aromatic carbocycles. The van der Waals surface area contributed by atoms with Crippen molar-refractivity contribution in [2.24, 2.45) is 5.92 Å². The molecule has 18 heavy (non-hydrogen) atoms. The van der Waals surface area contributed by atoms with E-state index in [1.165, 1.54) is 10.6 Å². The second-order valence-corrected chi connectivity index (χ2v) is 5.80. The first-order chi connectivity index (χ1) is 8.78. The minimum absolute atomic E-state index is 0.572. The average Bonchev–Trinajstić information content (AvgIpc) is 2.85. The van der Waals surface area contributed by atoms with Crippen LogP contribution in [0.15, 0.2) is 35.8 Å². The molecule has 0 spiro atoms. The Labute approximate surface area is 117 Å². The minimum Gasteiger partial charge on any atom is -0.319 e. The predicted octanol–water partition coefficient (Wildman–Crippen LogP) is 3.42. The number of benzene rings is 1. The summed E-state index contributed by atoms with van der Waals surface area (Å²) < 4.78 is 0. The van der Waals surface area contributed by atoms with Gasteiger partial charge in [-0.05, 0) is 43.6 Å². The number of rotatable bonds is 6. The summed E-state index contributed by atoms with van der Waals surface area (Å²) in [6, 6.07) is 8.12. The molecule has 2 rings (SSSR count). The fraction of sp³-hybridized carbons (Fsp3) is 0.357. The number of hydrogen-bond acceptors (Lipinski definition) is 3. The van der Waals surface area contributed by atoms with E-state index in [1.54, 1.807) is 11.3 Å². The van der Waals surface area contributed by atoms with Crippen molar-refractivity contribution in [3.8, 4) is 0 Å². The van der Waals surface area contributed by atoms with Crippen molar-refractivity contribution in [2.75, 3.05) is 13.6 Å². The normalized spacial score (nSPS) is 12.6. The predicted molar refractivity (Wildman–Crippen MR) is 78.4 cm³/mol. The monoisotopic (exact) mass is 280 g/mol. The first-order valence-electron chi connectivity index (χ1n) is 6.05. The lowest BCUT2D eigenvalue weighted by molar-refractivity contribution is 0.492. The Hall–Kier alpha value is -0.900. The molecule has 96 valence electrons. The van der Waals surface area contributed by atoms with Crippen LogP contribution in [0.2, 0.25) is 5.02 Å². The standard InChI is InChI=1S/C14H17ClN2S/c1-16-10-12(9-14-17-6-7-18-14)8-11-2-4-13(15)5-3-11/h2-7,12,16H,8-10H2,1H3. The number of nitrogens with zero attached hydrogens (tertiary/aromatic N) is 1. The van der Waals surface area contributed by atoms with E-state index in [9.17, 15) is 0 Å². The van der Waals surface area contributed by atoms with Gasteiger partial charge in [0.2, 0.25) is 0 Å². The number of nitrogens with one attached hydrogen (secondary N) is 1. The third-order valence-electron chi connectivity index (χ3n) is 2.88. The highest BCUT2D eigenvalue weighted by atomic mass is 35.5. The number of thiazole rings is 1. The lowest BCUT2D eigenvalue weighted by Gasteiger charge is -2.15. The van der Waals surface area contributed by atoms with E-state index in [-0.39, 0.29) is 0 Å². The van der Waals surface area contributed by atoms with Gasteiger partial charge in [0.25, 0.3) is 0 Å². The summed E-state index contributed by atoms with van der Waals surface area (Å²) in [5.41, 5.74) is 1.33. The van der Waals surface area contributed by atoms with Gasteiger partial charge in [0.05, 0.1) is 5.01 Å². The molecule has 1 unspecified atom stereocenters. The van der Waals surface area contributed by atoms with Crippen LogP contribution < -0.4 is 5.32 Å². The van der Waals surface area contributed by atoms with Gasteiger partial charge < -0.3 is 5.32 Å². The van der Waals surface area contributed by atoms with Crippen LogP contribution in [-0.4, -0.2) is 18.6 Å². The molecule has 2 nitrogen and oxygen atoms in total. The summed E-state index contributed by atoms with van der Waals surface area (Å²) >= 11 is 7.63. The number of halogens is 1. The fourth-order valence-electron chi connectivity index (χ4n) is 2.06. The molecule has 0 aliphatic heterocycles. The SMILES string of the molecule is CNCC(Cc1ccc(Cl)cc1)Cc1nccs1. The van der Waals surface area contributed by atoms with E-state index in [1.807, 2.05) is 30.8 Å². The van der Waals surface area contributed by atoms with Crippen LogP contribution in [0.5, 0.6) is 0 Å². The Kier molecular flexibility index (Phi) is 5.17. The zero-order valence-corrected chi connectivity index (χ0v) is 12.0. The van der Waals surface area contributed by atoms with Crippen LogP contribution in [0.3, 0.4) is 0 Å². The largest absolute Gasteiger partial charge is 0.319 e. The van der Waals surface area contributed by atoms with E-state index in [4.69, 9.17) is 11.6 Å². The van der Waals surface area contributed by atoms with Gasteiger partial charge in [-0.3, -0.25) is 0 Å². The molecule has 1 atom stereocenters. The highest BCUT2D eigenvalue weighted by Crippen LogP contribution is 2.17. The average molecular weight is 281 g/mol. The summed E-state index contributed by atoms with van der Waals surface area (Å²) in [7, 11) is 2.00. The molecule has 2 aromatic rings. The summed E-state index contributed by atoms with van der Waals surface area (Å²) in [5.74, 6) is 0.572. The van der Waals surface area contributed by atoms with Crippen LogP contribution >= 0.6 is 22.9 Å². The summed E-state index contributed by atoms with van der Waals surface area (Å²) in [6.07, 6.45) is 3.96. The summed E-state index contributed by atoms with van der Waals surface area (Å²) in [4.78, 5) is 4.36. The smallest absolute Gasteiger partial charge is 0.0928 e. The van der Waals surface area contributed by atoms with Crippen LogP contribution in [-0.2, 0) is 12.8 Å². The third-order valence-corrected chi connectivity index (χ3v) is 3.93. The summed E-state index contributed by atoms with van der Waals surface area (Å²) in [5, 5.41) is 7.31. The first kappa shape index (κ1) is 13.5. The number of hydrogen-bond donors (Lipinski definition) is 1. The van der Waals surface area contributed by atoms with Crippen LogP contribution in [0.1, 0.15) is 10.6 Å². The Morgan fingerprint density at radius 1 is 1.28 bits per heavy atom. The van der Waals surface area contributed by atoms with E-state index in [0.717, 1.165) is 24.4 Å². The molecule has 0 bridgehead atoms. The molecule has 0 saturated carbocycles. The maximum Gasteiger partial charge on any atom is 0.0928 e. The topological polar surface area (TPSA) is 24.9 Å². The third kappa shape index (κ3) is 4.09. The van der Waals surface area contributed by atoms with E-state index in [0.29, 0.717) is 5.92 Å². The van der Waals surface area contributed by atoms with E-state index >= 15 is 0 Å². The maximum absolute atomic E-state index is 5.90. The molecule has 0 saturated heterocycles. The van der Waals surface area contributed by atoms with Crippen molar-refractivity contribution >= 4 is 22.9 Å². The van der Waals surface area contributed by atoms with Crippen LogP contribution in [0.25, 0.3) is 0 Å². The van der Waals surface area contributed by atoms with Crippen molar-refractivity contribution in [3.63, 3.8) is 0 Å². The van der Waals surface area contributed by atoms with Gasteiger partial charge in [-0.15, -0.1) is 11.3 Å². The molecule has 1 heterocycles. The quantitative estimate of drug-likeness (QED) is 0.877. The molecule has 4 heteroatoms. The van der Waals surface area contributed by atoms with Crippen molar-refractivity contribution in [3.05, 3.63) is 51.4 Å². The van der Waals surface area contributed by atoms with Crippen molar-refractivity contribution in [1.82, 2.24) is 10.3 Å². The van der Waals surface area contributed by atoms with Crippen molar-refractivity contribution < 1.29 is 0 Å². The molecule has 0 radical (unpaired) electrons. The Morgan fingerprint density at radius 3 is 2.67 bits per heavy atom. The van der Waals surface area contributed by atoms with Crippen LogP contribution in [0.4, 0.5) is 0 Å². The van der Waals surface area contributed by atoms with Crippen molar-refractivity contribution in [1.29, 1.82) is 0 Å². The van der Waals surface area contributed by atoms with Gasteiger partial charge in [-0.1, -0.05) is 23.7 Å². The van der Waals surface area contributed by atoms with E-state index < -0.39 is 0 Å². The lowest BCUT2D eigenvalue weighted by atomic mass is 9.96. The van der Waals surface area contributed by atoms with Gasteiger partial charge in [0.1, 0.15) is 0 Å². The fourth-order valence-corrected chi connectivity index (χ4v) is 2.92. The minimum atomic E-state index is 0.572. The first-order valence-corrected chi connectivity index (χ1v) is 7.31. The highest BCUT2D eigenvalue weighted by molar-refractivity contribution is 7.09. The second-order valence-electron chi connectivity index (χ2n) is 4.38.